The van der Waals surface area contributed by atoms with Crippen LogP contribution in [-0.4, -0.2) is 53.5 Å². The number of likely N-dealkylation sites (N-methyl/N-ethyl adjacent to an activating group) is 2. The second-order valence-corrected chi connectivity index (χ2v) is 5.35. The fourth-order valence-electron chi connectivity index (χ4n) is 1.90. The van der Waals surface area contributed by atoms with Crippen LogP contribution < -0.4 is 0 Å². The molecule has 1 rings (SSSR count). The van der Waals surface area contributed by atoms with Gasteiger partial charge in [-0.05, 0) is 31.5 Å². The van der Waals surface area contributed by atoms with E-state index in [0.29, 0.717) is 6.54 Å². The van der Waals surface area contributed by atoms with E-state index < -0.39 is 12.0 Å². The number of carboxylic acid groups (broad SMARTS) is 1. The van der Waals surface area contributed by atoms with Crippen LogP contribution in [0.15, 0.2) is 24.3 Å². The molecule has 0 fully saturated rings. The van der Waals surface area contributed by atoms with E-state index in [9.17, 15) is 9.59 Å². The summed E-state index contributed by atoms with van der Waals surface area (Å²) in [5.74, 6) is -1.02. The summed E-state index contributed by atoms with van der Waals surface area (Å²) in [6.45, 7) is 4.29. The van der Waals surface area contributed by atoms with Crippen molar-refractivity contribution >= 4 is 11.9 Å². The largest absolute Gasteiger partial charge is 0.480 e. The van der Waals surface area contributed by atoms with E-state index >= 15 is 0 Å². The van der Waals surface area contributed by atoms with Crippen molar-refractivity contribution < 1.29 is 14.7 Å². The number of hydrogen-bond donors (Lipinski definition) is 1. The summed E-state index contributed by atoms with van der Waals surface area (Å²) in [6, 6.07) is 7.49. The highest BCUT2D eigenvalue weighted by atomic mass is 16.4. The molecule has 5 nitrogen and oxygen atoms in total. The average Bonchev–Trinajstić information content (AvgIpc) is 2.46. The molecule has 0 saturated carbocycles. The van der Waals surface area contributed by atoms with Gasteiger partial charge in [-0.3, -0.25) is 14.5 Å². The van der Waals surface area contributed by atoms with Crippen LogP contribution in [0.2, 0.25) is 0 Å². The highest BCUT2D eigenvalue weighted by molar-refractivity contribution is 5.79. The lowest BCUT2D eigenvalue weighted by Crippen LogP contribution is -2.43. The van der Waals surface area contributed by atoms with Crippen LogP contribution in [0.5, 0.6) is 0 Å². The molecular formula is C16H24N2O3. The molecule has 5 heteroatoms. The summed E-state index contributed by atoms with van der Waals surface area (Å²) in [5, 5.41) is 8.92. The molecule has 0 bridgehead atoms. The van der Waals surface area contributed by atoms with Crippen LogP contribution in [-0.2, 0) is 22.6 Å². The van der Waals surface area contributed by atoms with Gasteiger partial charge < -0.3 is 10.0 Å². The van der Waals surface area contributed by atoms with Gasteiger partial charge in [0.05, 0.1) is 6.54 Å². The SMILES string of the molecule is CCc1ccc(CN(C)C(=O)CN(C)C(C)C(=O)O)cc1. The van der Waals surface area contributed by atoms with Gasteiger partial charge in [0.15, 0.2) is 0 Å². The maximum atomic E-state index is 12.1. The molecule has 0 aliphatic heterocycles. The molecule has 0 aliphatic carbocycles. The fourth-order valence-corrected chi connectivity index (χ4v) is 1.90. The van der Waals surface area contributed by atoms with E-state index in [0.717, 1.165) is 12.0 Å². The lowest BCUT2D eigenvalue weighted by Gasteiger charge is -2.24. The van der Waals surface area contributed by atoms with Crippen LogP contribution in [0, 0.1) is 0 Å². The first-order valence-electron chi connectivity index (χ1n) is 7.10. The molecule has 1 aromatic carbocycles. The normalized spacial score (nSPS) is 12.2. The smallest absolute Gasteiger partial charge is 0.320 e. The number of aliphatic carboxylic acids is 1. The Labute approximate surface area is 126 Å². The van der Waals surface area contributed by atoms with Crippen molar-refractivity contribution in [2.75, 3.05) is 20.6 Å². The first-order valence-corrected chi connectivity index (χ1v) is 7.10. The standard InChI is InChI=1S/C16H24N2O3/c1-5-13-6-8-14(9-7-13)10-18(4)15(19)11-17(3)12(2)16(20)21/h6-9,12H,5,10-11H2,1-4H3,(H,20,21). The minimum Gasteiger partial charge on any atom is -0.480 e. The van der Waals surface area contributed by atoms with E-state index in [4.69, 9.17) is 5.11 Å². The Bertz CT molecular complexity index is 485. The summed E-state index contributed by atoms with van der Waals surface area (Å²) >= 11 is 0. The van der Waals surface area contributed by atoms with Gasteiger partial charge in [-0.2, -0.15) is 0 Å². The molecule has 1 amide bonds. The predicted octanol–water partition coefficient (Wildman–Crippen LogP) is 1.61. The second-order valence-electron chi connectivity index (χ2n) is 5.35. The zero-order chi connectivity index (χ0) is 16.0. The minimum absolute atomic E-state index is 0.0924. The van der Waals surface area contributed by atoms with Crippen LogP contribution >= 0.6 is 0 Å². The van der Waals surface area contributed by atoms with Gasteiger partial charge in [-0.1, -0.05) is 31.2 Å². The number of rotatable bonds is 7. The highest BCUT2D eigenvalue weighted by Gasteiger charge is 2.20. The van der Waals surface area contributed by atoms with E-state index in [1.54, 1.807) is 25.9 Å². The molecule has 1 atom stereocenters. The molecule has 1 aromatic rings. The van der Waals surface area contributed by atoms with Crippen LogP contribution in [0.4, 0.5) is 0 Å². The van der Waals surface area contributed by atoms with E-state index in [2.05, 4.69) is 19.1 Å². The van der Waals surface area contributed by atoms with Gasteiger partial charge in [-0.15, -0.1) is 0 Å². The summed E-state index contributed by atoms with van der Waals surface area (Å²) in [6.07, 6.45) is 0.993. The topological polar surface area (TPSA) is 60.9 Å². The van der Waals surface area contributed by atoms with Crippen molar-refractivity contribution in [3.63, 3.8) is 0 Å². The van der Waals surface area contributed by atoms with Crippen molar-refractivity contribution in [2.45, 2.75) is 32.9 Å². The highest BCUT2D eigenvalue weighted by Crippen LogP contribution is 2.08. The van der Waals surface area contributed by atoms with E-state index in [-0.39, 0.29) is 12.5 Å². The third-order valence-corrected chi connectivity index (χ3v) is 3.68. The molecule has 1 N–H and O–H groups in total. The van der Waals surface area contributed by atoms with Gasteiger partial charge in [-0.25, -0.2) is 0 Å². The average molecular weight is 292 g/mol. The lowest BCUT2D eigenvalue weighted by molar-refractivity contribution is -0.143. The van der Waals surface area contributed by atoms with Gasteiger partial charge >= 0.3 is 5.97 Å². The second kappa shape index (κ2) is 7.78. The maximum absolute atomic E-state index is 12.1. The summed E-state index contributed by atoms with van der Waals surface area (Å²) in [7, 11) is 3.37. The molecule has 0 spiro atoms. The predicted molar refractivity (Wildman–Crippen MR) is 82.0 cm³/mol. The summed E-state index contributed by atoms with van der Waals surface area (Å²) < 4.78 is 0. The van der Waals surface area contributed by atoms with Crippen molar-refractivity contribution in [2.24, 2.45) is 0 Å². The lowest BCUT2D eigenvalue weighted by atomic mass is 10.1. The Hall–Kier alpha value is -1.88. The summed E-state index contributed by atoms with van der Waals surface area (Å²) in [4.78, 5) is 26.1. The first kappa shape index (κ1) is 17.2. The Balaban J connectivity index is 2.55. The van der Waals surface area contributed by atoms with E-state index in [1.807, 2.05) is 12.1 Å². The Morgan fingerprint density at radius 2 is 1.67 bits per heavy atom. The zero-order valence-corrected chi connectivity index (χ0v) is 13.2. The Kier molecular flexibility index (Phi) is 6.37. The van der Waals surface area contributed by atoms with Crippen LogP contribution in [0.3, 0.4) is 0 Å². The number of carbonyl (C=O) groups is 2. The molecule has 0 aromatic heterocycles. The van der Waals surface area contributed by atoms with Gasteiger partial charge in [0, 0.05) is 13.6 Å². The monoisotopic (exact) mass is 292 g/mol. The maximum Gasteiger partial charge on any atom is 0.320 e. The number of aryl methyl sites for hydroxylation is 1. The molecule has 0 radical (unpaired) electrons. The third-order valence-electron chi connectivity index (χ3n) is 3.68. The molecule has 0 saturated heterocycles. The van der Waals surface area contributed by atoms with Crippen molar-refractivity contribution in [3.8, 4) is 0 Å². The quantitative estimate of drug-likeness (QED) is 0.829. The number of benzene rings is 1. The number of amides is 1. The number of carboxylic acids is 1. The Morgan fingerprint density at radius 1 is 1.14 bits per heavy atom. The van der Waals surface area contributed by atoms with Gasteiger partial charge in [0.1, 0.15) is 6.04 Å². The Morgan fingerprint density at radius 3 is 2.14 bits per heavy atom. The molecule has 1 unspecified atom stereocenters. The van der Waals surface area contributed by atoms with Crippen molar-refractivity contribution in [1.29, 1.82) is 0 Å². The fraction of sp³-hybridized carbons (Fsp3) is 0.500. The molecule has 21 heavy (non-hydrogen) atoms. The minimum atomic E-state index is -0.928. The van der Waals surface area contributed by atoms with Gasteiger partial charge in [0.2, 0.25) is 5.91 Å². The summed E-state index contributed by atoms with van der Waals surface area (Å²) in [5.41, 5.74) is 2.33. The first-order chi connectivity index (χ1) is 9.85. The molecule has 116 valence electrons. The van der Waals surface area contributed by atoms with Crippen LogP contribution in [0.25, 0.3) is 0 Å². The zero-order valence-electron chi connectivity index (χ0n) is 13.2. The van der Waals surface area contributed by atoms with E-state index in [1.165, 1.54) is 10.5 Å². The van der Waals surface area contributed by atoms with Crippen LogP contribution in [0.1, 0.15) is 25.0 Å². The van der Waals surface area contributed by atoms with Crippen molar-refractivity contribution in [1.82, 2.24) is 9.80 Å². The number of nitrogens with zero attached hydrogens (tertiary/aromatic N) is 2. The molecule has 0 heterocycles. The van der Waals surface area contributed by atoms with Crippen molar-refractivity contribution in [3.05, 3.63) is 35.4 Å². The van der Waals surface area contributed by atoms with Gasteiger partial charge in [0.25, 0.3) is 0 Å². The third kappa shape index (κ3) is 5.19. The molecular weight excluding hydrogens is 268 g/mol. The molecule has 0 aliphatic rings. The number of carbonyl (C=O) groups excluding carboxylic acids is 1. The number of hydrogen-bond acceptors (Lipinski definition) is 3.